The lowest BCUT2D eigenvalue weighted by Gasteiger charge is -2.37. The average Bonchev–Trinajstić information content (AvgIpc) is 3.26. The molecule has 6 heteroatoms. The number of piperazine rings is 1. The molecule has 4 rings (SSSR count). The molecule has 1 saturated heterocycles. The molecule has 0 unspecified atom stereocenters. The van der Waals surface area contributed by atoms with E-state index in [9.17, 15) is 14.0 Å². The van der Waals surface area contributed by atoms with Crippen LogP contribution in [0.4, 0.5) is 14.9 Å². The van der Waals surface area contributed by atoms with Gasteiger partial charge in [0.05, 0.1) is 0 Å². The summed E-state index contributed by atoms with van der Waals surface area (Å²) in [5, 5.41) is 2.78. The van der Waals surface area contributed by atoms with E-state index >= 15 is 0 Å². The summed E-state index contributed by atoms with van der Waals surface area (Å²) in [6, 6.07) is 5.53. The Morgan fingerprint density at radius 3 is 2.24 bits per heavy atom. The summed E-state index contributed by atoms with van der Waals surface area (Å²) in [7, 11) is 0. The molecule has 0 radical (unpaired) electrons. The molecule has 0 spiro atoms. The molecule has 1 aliphatic heterocycles. The monoisotopic (exact) mass is 345 g/mol. The topological polar surface area (TPSA) is 52.7 Å². The zero-order chi connectivity index (χ0) is 17.4. The Balaban J connectivity index is 1.28. The van der Waals surface area contributed by atoms with E-state index in [1.807, 2.05) is 4.90 Å². The summed E-state index contributed by atoms with van der Waals surface area (Å²) >= 11 is 0. The number of rotatable bonds is 2. The number of carbonyl (C=O) groups is 2. The standard InChI is InChI=1S/C19H24FN3O2/c20-15-3-5-16(6-4-15)21-19(25)23-9-7-22(8-10-23)18(24)17-12-13-1-2-14(17)11-13/h3-6,13-14,17H,1-2,7-12H2,(H,21,25)/t13-,14-,17+/m0/s1. The first-order valence-corrected chi connectivity index (χ1v) is 9.20. The molecule has 3 aliphatic rings. The van der Waals surface area contributed by atoms with Crippen molar-refractivity contribution in [3.8, 4) is 0 Å². The Bertz CT molecular complexity index is 655. The van der Waals surface area contributed by atoms with Crippen LogP contribution < -0.4 is 5.32 Å². The fourth-order valence-corrected chi connectivity index (χ4v) is 4.65. The van der Waals surface area contributed by atoms with E-state index in [4.69, 9.17) is 0 Å². The molecule has 3 atom stereocenters. The minimum atomic E-state index is -0.328. The number of fused-ring (bicyclic) bond motifs is 2. The SMILES string of the molecule is O=C(Nc1ccc(F)cc1)N1CCN(C(=O)[C@@H]2C[C@H]3CC[C@H]2C3)CC1. The quantitative estimate of drug-likeness (QED) is 0.896. The number of nitrogens with zero attached hydrogens (tertiary/aromatic N) is 2. The molecule has 3 fully saturated rings. The molecule has 2 saturated carbocycles. The number of nitrogens with one attached hydrogen (secondary N) is 1. The van der Waals surface area contributed by atoms with Crippen molar-refractivity contribution in [2.24, 2.45) is 17.8 Å². The second-order valence-corrected chi connectivity index (χ2v) is 7.53. The van der Waals surface area contributed by atoms with Crippen LogP contribution in [0.1, 0.15) is 25.7 Å². The van der Waals surface area contributed by atoms with E-state index in [1.165, 1.54) is 31.4 Å². The lowest BCUT2D eigenvalue weighted by molar-refractivity contribution is -0.138. The van der Waals surface area contributed by atoms with E-state index in [2.05, 4.69) is 5.32 Å². The van der Waals surface area contributed by atoms with Crippen molar-refractivity contribution in [1.82, 2.24) is 9.80 Å². The van der Waals surface area contributed by atoms with Crippen LogP contribution in [-0.4, -0.2) is 47.9 Å². The highest BCUT2D eigenvalue weighted by Crippen LogP contribution is 2.48. The number of carbonyl (C=O) groups excluding carboxylic acids is 2. The molecule has 0 aromatic heterocycles. The van der Waals surface area contributed by atoms with E-state index in [-0.39, 0.29) is 17.8 Å². The van der Waals surface area contributed by atoms with Crippen molar-refractivity contribution in [3.05, 3.63) is 30.1 Å². The smallest absolute Gasteiger partial charge is 0.321 e. The van der Waals surface area contributed by atoms with Crippen LogP contribution in [0.2, 0.25) is 0 Å². The maximum absolute atomic E-state index is 12.9. The molecule has 1 N–H and O–H groups in total. The minimum Gasteiger partial charge on any atom is -0.339 e. The number of hydrogen-bond donors (Lipinski definition) is 1. The van der Waals surface area contributed by atoms with Gasteiger partial charge < -0.3 is 15.1 Å². The van der Waals surface area contributed by atoms with Crippen molar-refractivity contribution in [1.29, 1.82) is 0 Å². The van der Waals surface area contributed by atoms with Crippen LogP contribution in [0, 0.1) is 23.6 Å². The number of hydrogen-bond acceptors (Lipinski definition) is 2. The van der Waals surface area contributed by atoms with Crippen molar-refractivity contribution >= 4 is 17.6 Å². The van der Waals surface area contributed by atoms with Crippen LogP contribution in [0.15, 0.2) is 24.3 Å². The molecule has 25 heavy (non-hydrogen) atoms. The summed E-state index contributed by atoms with van der Waals surface area (Å²) in [5.74, 6) is 1.55. The molecular formula is C19H24FN3O2. The number of urea groups is 1. The highest BCUT2D eigenvalue weighted by Gasteiger charge is 2.44. The van der Waals surface area contributed by atoms with Gasteiger partial charge >= 0.3 is 6.03 Å². The third kappa shape index (κ3) is 3.34. The Hall–Kier alpha value is -2.11. The van der Waals surface area contributed by atoms with Gasteiger partial charge in [0.25, 0.3) is 0 Å². The maximum atomic E-state index is 12.9. The van der Waals surface area contributed by atoms with Crippen LogP contribution in [-0.2, 0) is 4.79 Å². The molecule has 1 aromatic carbocycles. The Morgan fingerprint density at radius 2 is 1.64 bits per heavy atom. The maximum Gasteiger partial charge on any atom is 0.321 e. The number of anilines is 1. The van der Waals surface area contributed by atoms with Gasteiger partial charge in [-0.05, 0) is 55.4 Å². The first-order valence-electron chi connectivity index (χ1n) is 9.20. The third-order valence-corrected chi connectivity index (χ3v) is 6.03. The van der Waals surface area contributed by atoms with Gasteiger partial charge in [0, 0.05) is 37.8 Å². The zero-order valence-corrected chi connectivity index (χ0v) is 14.3. The van der Waals surface area contributed by atoms with Gasteiger partial charge in [0.1, 0.15) is 5.82 Å². The lowest BCUT2D eigenvalue weighted by atomic mass is 9.87. The second-order valence-electron chi connectivity index (χ2n) is 7.53. The first kappa shape index (κ1) is 16.4. The van der Waals surface area contributed by atoms with E-state index in [0.29, 0.717) is 43.7 Å². The van der Waals surface area contributed by atoms with Crippen LogP contribution in [0.3, 0.4) is 0 Å². The van der Waals surface area contributed by atoms with Crippen molar-refractivity contribution in [3.63, 3.8) is 0 Å². The van der Waals surface area contributed by atoms with Gasteiger partial charge in [-0.15, -0.1) is 0 Å². The number of benzene rings is 1. The molecule has 3 amide bonds. The Morgan fingerprint density at radius 1 is 0.960 bits per heavy atom. The van der Waals surface area contributed by atoms with E-state index < -0.39 is 0 Å². The summed E-state index contributed by atoms with van der Waals surface area (Å²) in [6.45, 7) is 2.28. The summed E-state index contributed by atoms with van der Waals surface area (Å²) in [6.07, 6.45) is 4.80. The van der Waals surface area contributed by atoms with Crippen molar-refractivity contribution < 1.29 is 14.0 Å². The molecular weight excluding hydrogens is 321 g/mol. The second kappa shape index (κ2) is 6.65. The molecule has 134 valence electrons. The zero-order valence-electron chi connectivity index (χ0n) is 14.3. The fraction of sp³-hybridized carbons (Fsp3) is 0.579. The van der Waals surface area contributed by atoms with Crippen molar-refractivity contribution in [2.45, 2.75) is 25.7 Å². The van der Waals surface area contributed by atoms with Gasteiger partial charge in [-0.1, -0.05) is 6.42 Å². The minimum absolute atomic E-state index is 0.196. The van der Waals surface area contributed by atoms with Crippen molar-refractivity contribution in [2.75, 3.05) is 31.5 Å². The third-order valence-electron chi connectivity index (χ3n) is 6.03. The summed E-state index contributed by atoms with van der Waals surface area (Å²) in [4.78, 5) is 28.7. The highest BCUT2D eigenvalue weighted by molar-refractivity contribution is 5.89. The van der Waals surface area contributed by atoms with Crippen LogP contribution >= 0.6 is 0 Å². The summed E-state index contributed by atoms with van der Waals surface area (Å²) < 4.78 is 12.9. The molecule has 5 nitrogen and oxygen atoms in total. The molecule has 2 bridgehead atoms. The largest absolute Gasteiger partial charge is 0.339 e. The summed E-state index contributed by atoms with van der Waals surface area (Å²) in [5.41, 5.74) is 0.576. The number of amides is 3. The Labute approximate surface area is 147 Å². The fourth-order valence-electron chi connectivity index (χ4n) is 4.65. The predicted octanol–water partition coefficient (Wildman–Crippen LogP) is 2.94. The number of halogens is 1. The van der Waals surface area contributed by atoms with Crippen LogP contribution in [0.5, 0.6) is 0 Å². The molecule has 2 aliphatic carbocycles. The predicted molar refractivity (Wildman–Crippen MR) is 92.5 cm³/mol. The normalized spacial score (nSPS) is 28.3. The van der Waals surface area contributed by atoms with Crippen LogP contribution in [0.25, 0.3) is 0 Å². The van der Waals surface area contributed by atoms with Gasteiger partial charge in [-0.25, -0.2) is 9.18 Å². The average molecular weight is 345 g/mol. The van der Waals surface area contributed by atoms with E-state index in [1.54, 1.807) is 17.0 Å². The van der Waals surface area contributed by atoms with Gasteiger partial charge in [0.2, 0.25) is 5.91 Å². The molecule has 1 aromatic rings. The van der Waals surface area contributed by atoms with Gasteiger partial charge in [0.15, 0.2) is 0 Å². The lowest BCUT2D eigenvalue weighted by Crippen LogP contribution is -2.53. The first-order chi connectivity index (χ1) is 12.1. The highest BCUT2D eigenvalue weighted by atomic mass is 19.1. The molecule has 1 heterocycles. The van der Waals surface area contributed by atoms with Gasteiger partial charge in [-0.2, -0.15) is 0 Å². The Kier molecular flexibility index (Phi) is 4.36. The van der Waals surface area contributed by atoms with Gasteiger partial charge in [-0.3, -0.25) is 4.79 Å². The van der Waals surface area contributed by atoms with E-state index in [0.717, 1.165) is 12.3 Å².